The lowest BCUT2D eigenvalue weighted by molar-refractivity contribution is -0.404. The molecule has 1 fully saturated rings. The van der Waals surface area contributed by atoms with Crippen LogP contribution in [0, 0.1) is 17.7 Å². The van der Waals surface area contributed by atoms with Gasteiger partial charge in [0, 0.05) is 5.92 Å². The highest BCUT2D eigenvalue weighted by Crippen LogP contribution is 2.57. The van der Waals surface area contributed by atoms with E-state index in [1.807, 2.05) is 6.92 Å². The number of halogens is 10. The maximum atomic E-state index is 14.2. The van der Waals surface area contributed by atoms with Crippen LogP contribution < -0.4 is 4.74 Å². The zero-order valence-corrected chi connectivity index (χ0v) is 18.1. The molecule has 0 heterocycles. The third kappa shape index (κ3) is 5.62. The first kappa shape index (κ1) is 28.2. The Morgan fingerprint density at radius 1 is 0.912 bits per heavy atom. The maximum Gasteiger partial charge on any atom is 0.460 e. The lowest BCUT2D eigenvalue weighted by atomic mass is 9.76. The fourth-order valence-electron chi connectivity index (χ4n) is 3.89. The van der Waals surface area contributed by atoms with Crippen LogP contribution in [0.4, 0.5) is 43.9 Å². The largest absolute Gasteiger partial charge is 0.460 e. The molecule has 0 atom stereocenters. The standard InChI is InChI=1S/C22H24F10O2/c1-2-3-4-5-13-6-11-17(16(23)12-13)34-18(33)14-7-9-15(10-8-14)19(24,25)20(26,27)21(28,29)22(30,31)32/h6,11-12,14-15H,2-5,7-10H2,1H3/t14-,15-. The molecule has 2 nitrogen and oxygen atoms in total. The summed E-state index contributed by atoms with van der Waals surface area (Å²) in [5, 5.41) is 0. The van der Waals surface area contributed by atoms with E-state index in [0.29, 0.717) is 12.0 Å². The van der Waals surface area contributed by atoms with E-state index in [1.54, 1.807) is 6.07 Å². The van der Waals surface area contributed by atoms with Crippen molar-refractivity contribution in [3.8, 4) is 5.75 Å². The number of hydrogen-bond donors (Lipinski definition) is 0. The molecule has 194 valence electrons. The van der Waals surface area contributed by atoms with Crippen LogP contribution in [0.25, 0.3) is 0 Å². The zero-order chi connectivity index (χ0) is 25.9. The molecule has 1 aromatic carbocycles. The number of benzene rings is 1. The van der Waals surface area contributed by atoms with E-state index < -0.39 is 79.0 Å². The summed E-state index contributed by atoms with van der Waals surface area (Å²) in [4.78, 5) is 12.3. The Bertz CT molecular complexity index is 843. The SMILES string of the molecule is CCCCCc1ccc(OC(=O)[C@H]2CC[C@H](C(F)(F)C(F)(F)C(F)(F)C(F)(F)F)CC2)c(F)c1. The summed E-state index contributed by atoms with van der Waals surface area (Å²) in [6, 6.07) is 3.94. The van der Waals surface area contributed by atoms with Gasteiger partial charge in [0.05, 0.1) is 5.92 Å². The van der Waals surface area contributed by atoms with Crippen molar-refractivity contribution in [1.29, 1.82) is 0 Å². The highest BCUT2D eigenvalue weighted by atomic mass is 19.4. The van der Waals surface area contributed by atoms with Gasteiger partial charge < -0.3 is 4.74 Å². The van der Waals surface area contributed by atoms with E-state index in [-0.39, 0.29) is 0 Å². The minimum absolute atomic E-state index is 0.423. The third-order valence-electron chi connectivity index (χ3n) is 6.02. The first-order valence-corrected chi connectivity index (χ1v) is 10.8. The first-order valence-electron chi connectivity index (χ1n) is 10.8. The number of unbranched alkanes of at least 4 members (excludes halogenated alkanes) is 2. The van der Waals surface area contributed by atoms with Gasteiger partial charge in [0.15, 0.2) is 11.6 Å². The summed E-state index contributed by atoms with van der Waals surface area (Å²) in [7, 11) is 0. The number of carbonyl (C=O) groups is 1. The maximum absolute atomic E-state index is 14.2. The molecule has 0 N–H and O–H groups in total. The van der Waals surface area contributed by atoms with Crippen molar-refractivity contribution in [2.45, 2.75) is 82.2 Å². The quantitative estimate of drug-likeness (QED) is 0.147. The number of esters is 1. The predicted molar refractivity (Wildman–Crippen MR) is 102 cm³/mol. The number of rotatable bonds is 9. The number of ether oxygens (including phenoxy) is 1. The second-order valence-corrected chi connectivity index (χ2v) is 8.46. The van der Waals surface area contributed by atoms with Gasteiger partial charge in [-0.2, -0.15) is 39.5 Å². The van der Waals surface area contributed by atoms with Gasteiger partial charge in [0.25, 0.3) is 0 Å². The lowest BCUT2D eigenvalue weighted by Crippen LogP contribution is -2.63. The van der Waals surface area contributed by atoms with E-state index >= 15 is 0 Å². The molecule has 12 heteroatoms. The van der Waals surface area contributed by atoms with Crippen molar-refractivity contribution in [3.63, 3.8) is 0 Å². The topological polar surface area (TPSA) is 26.3 Å². The summed E-state index contributed by atoms with van der Waals surface area (Å²) in [6.45, 7) is 2.00. The highest BCUT2D eigenvalue weighted by Gasteiger charge is 2.82. The molecule has 34 heavy (non-hydrogen) atoms. The van der Waals surface area contributed by atoms with E-state index in [2.05, 4.69) is 0 Å². The molecule has 2 rings (SSSR count). The van der Waals surface area contributed by atoms with E-state index in [4.69, 9.17) is 4.74 Å². The average molecular weight is 510 g/mol. The highest BCUT2D eigenvalue weighted by molar-refractivity contribution is 5.75. The van der Waals surface area contributed by atoms with Crippen LogP contribution in [0.3, 0.4) is 0 Å². The van der Waals surface area contributed by atoms with Crippen molar-refractivity contribution in [1.82, 2.24) is 0 Å². The number of carbonyl (C=O) groups excluding carboxylic acids is 1. The summed E-state index contributed by atoms with van der Waals surface area (Å²) >= 11 is 0. The van der Waals surface area contributed by atoms with Gasteiger partial charge in [0.2, 0.25) is 0 Å². The Kier molecular flexibility index (Phi) is 8.56. The Hall–Kier alpha value is -2.01. The second kappa shape index (κ2) is 10.3. The van der Waals surface area contributed by atoms with Gasteiger partial charge in [-0.3, -0.25) is 4.79 Å². The van der Waals surface area contributed by atoms with Crippen LogP contribution in [0.15, 0.2) is 18.2 Å². The van der Waals surface area contributed by atoms with Gasteiger partial charge in [-0.25, -0.2) is 4.39 Å². The molecule has 0 unspecified atom stereocenters. The number of aryl methyl sites for hydroxylation is 1. The molecule has 0 spiro atoms. The van der Waals surface area contributed by atoms with Gasteiger partial charge >= 0.3 is 29.9 Å². The fourth-order valence-corrected chi connectivity index (χ4v) is 3.89. The van der Waals surface area contributed by atoms with Crippen molar-refractivity contribution in [2.75, 3.05) is 0 Å². The van der Waals surface area contributed by atoms with Gasteiger partial charge in [-0.05, 0) is 56.2 Å². The summed E-state index contributed by atoms with van der Waals surface area (Å²) in [6.07, 6.45) is -6.42. The predicted octanol–water partition coefficient (Wildman–Crippen LogP) is 7.74. The zero-order valence-electron chi connectivity index (χ0n) is 18.1. The van der Waals surface area contributed by atoms with Crippen molar-refractivity contribution in [2.24, 2.45) is 11.8 Å². The summed E-state index contributed by atoms with van der Waals surface area (Å²) in [5.41, 5.74) is 0.671. The average Bonchev–Trinajstić information content (AvgIpc) is 2.74. The van der Waals surface area contributed by atoms with Crippen molar-refractivity contribution < 1.29 is 53.4 Å². The number of hydrogen-bond acceptors (Lipinski definition) is 2. The molecular weight excluding hydrogens is 486 g/mol. The Balaban J connectivity index is 2.01. The molecule has 0 aromatic heterocycles. The molecule has 1 aromatic rings. The monoisotopic (exact) mass is 510 g/mol. The normalized spacial score (nSPS) is 20.3. The van der Waals surface area contributed by atoms with Crippen LogP contribution in [0.1, 0.15) is 57.4 Å². The lowest BCUT2D eigenvalue weighted by Gasteiger charge is -2.39. The minimum atomic E-state index is -6.94. The van der Waals surface area contributed by atoms with Crippen LogP contribution in [-0.2, 0) is 11.2 Å². The molecule has 0 saturated heterocycles. The van der Waals surface area contributed by atoms with Crippen LogP contribution in [0.2, 0.25) is 0 Å². The molecule has 1 aliphatic rings. The van der Waals surface area contributed by atoms with E-state index in [1.165, 1.54) is 12.1 Å². The molecule has 0 radical (unpaired) electrons. The van der Waals surface area contributed by atoms with Gasteiger partial charge in [-0.15, -0.1) is 0 Å². The fraction of sp³-hybridized carbons (Fsp3) is 0.682. The summed E-state index contributed by atoms with van der Waals surface area (Å²) < 4.78 is 138. The Morgan fingerprint density at radius 3 is 2.00 bits per heavy atom. The third-order valence-corrected chi connectivity index (χ3v) is 6.02. The Morgan fingerprint density at radius 2 is 1.50 bits per heavy atom. The Labute approximate surface area is 189 Å². The van der Waals surface area contributed by atoms with Crippen LogP contribution in [0.5, 0.6) is 5.75 Å². The number of alkyl halides is 9. The molecule has 1 aliphatic carbocycles. The molecule has 0 amide bonds. The van der Waals surface area contributed by atoms with Crippen LogP contribution in [-0.4, -0.2) is 29.9 Å². The van der Waals surface area contributed by atoms with E-state index in [0.717, 1.165) is 19.3 Å². The smallest absolute Gasteiger partial charge is 0.423 e. The summed E-state index contributed by atoms with van der Waals surface area (Å²) in [5.74, 6) is -25.2. The van der Waals surface area contributed by atoms with Gasteiger partial charge in [-0.1, -0.05) is 25.8 Å². The first-order chi connectivity index (χ1) is 15.6. The van der Waals surface area contributed by atoms with Crippen molar-refractivity contribution >= 4 is 5.97 Å². The van der Waals surface area contributed by atoms with Crippen molar-refractivity contribution in [3.05, 3.63) is 29.6 Å². The van der Waals surface area contributed by atoms with Gasteiger partial charge in [0.1, 0.15) is 0 Å². The second-order valence-electron chi connectivity index (χ2n) is 8.46. The molecule has 1 saturated carbocycles. The minimum Gasteiger partial charge on any atom is -0.423 e. The molecule has 0 bridgehead atoms. The molecular formula is C22H24F10O2. The van der Waals surface area contributed by atoms with E-state index in [9.17, 15) is 48.7 Å². The van der Waals surface area contributed by atoms with Crippen LogP contribution >= 0.6 is 0 Å². The molecule has 0 aliphatic heterocycles.